The van der Waals surface area contributed by atoms with Gasteiger partial charge in [0.05, 0.1) is 0 Å². The molecule has 1 aromatic rings. The summed E-state index contributed by atoms with van der Waals surface area (Å²) in [6.45, 7) is 1.31. The molecular formula is C13H20N2O2S2. The molecule has 0 bridgehead atoms. The molecule has 0 radical (unpaired) electrons. The summed E-state index contributed by atoms with van der Waals surface area (Å²) >= 11 is 0. The summed E-state index contributed by atoms with van der Waals surface area (Å²) < 4.78 is 0. The van der Waals surface area contributed by atoms with Gasteiger partial charge in [0.2, 0.25) is 5.91 Å². The molecule has 0 aromatic heterocycles. The minimum Gasteiger partial charge on any atom is -0.508 e. The lowest BCUT2D eigenvalue weighted by molar-refractivity contribution is -0.120. The molecule has 0 spiro atoms. The minimum atomic E-state index is 0.0830. The Hall–Kier alpha value is -0.850. The van der Waals surface area contributed by atoms with Crippen LogP contribution in [0.15, 0.2) is 24.3 Å². The summed E-state index contributed by atoms with van der Waals surface area (Å²) in [5.74, 6) is 2.09. The SMILES string of the molecule is NCCSSCCC(=O)NCCc1ccc(O)cc1. The van der Waals surface area contributed by atoms with Crippen molar-refractivity contribution in [3.05, 3.63) is 29.8 Å². The number of phenolic OH excluding ortho intramolecular Hbond substituents is 1. The quantitative estimate of drug-likeness (QED) is 0.479. The van der Waals surface area contributed by atoms with Crippen molar-refractivity contribution in [2.45, 2.75) is 12.8 Å². The fourth-order valence-corrected chi connectivity index (χ4v) is 3.24. The molecule has 1 aromatic carbocycles. The summed E-state index contributed by atoms with van der Waals surface area (Å²) in [4.78, 5) is 11.5. The molecule has 0 unspecified atom stereocenters. The molecule has 0 fully saturated rings. The first-order valence-corrected chi connectivity index (χ1v) is 8.70. The normalized spacial score (nSPS) is 10.4. The van der Waals surface area contributed by atoms with E-state index >= 15 is 0 Å². The van der Waals surface area contributed by atoms with Crippen molar-refractivity contribution in [2.24, 2.45) is 5.73 Å². The van der Waals surface area contributed by atoms with E-state index in [1.54, 1.807) is 33.7 Å². The van der Waals surface area contributed by atoms with E-state index in [0.717, 1.165) is 23.5 Å². The highest BCUT2D eigenvalue weighted by molar-refractivity contribution is 8.76. The van der Waals surface area contributed by atoms with Crippen LogP contribution in [0, 0.1) is 0 Å². The minimum absolute atomic E-state index is 0.0830. The monoisotopic (exact) mass is 300 g/mol. The van der Waals surface area contributed by atoms with E-state index < -0.39 is 0 Å². The van der Waals surface area contributed by atoms with Gasteiger partial charge in [-0.15, -0.1) is 0 Å². The van der Waals surface area contributed by atoms with Gasteiger partial charge in [0.1, 0.15) is 5.75 Å². The molecule has 1 amide bonds. The number of aromatic hydroxyl groups is 1. The second-order valence-electron chi connectivity index (χ2n) is 3.95. The molecule has 1 rings (SSSR count). The Morgan fingerprint density at radius 3 is 2.58 bits per heavy atom. The maximum atomic E-state index is 11.5. The summed E-state index contributed by atoms with van der Waals surface area (Å²) in [5, 5.41) is 12.0. The first-order valence-electron chi connectivity index (χ1n) is 6.21. The van der Waals surface area contributed by atoms with Gasteiger partial charge in [-0.25, -0.2) is 0 Å². The summed E-state index contributed by atoms with van der Waals surface area (Å²) in [7, 11) is 3.39. The van der Waals surface area contributed by atoms with Crippen LogP contribution in [0.5, 0.6) is 5.75 Å². The molecule has 106 valence electrons. The number of hydrogen-bond donors (Lipinski definition) is 3. The van der Waals surface area contributed by atoms with Crippen LogP contribution in [0.3, 0.4) is 0 Å². The molecule has 19 heavy (non-hydrogen) atoms. The highest BCUT2D eigenvalue weighted by atomic mass is 33.1. The number of nitrogens with two attached hydrogens (primary N) is 1. The van der Waals surface area contributed by atoms with Gasteiger partial charge >= 0.3 is 0 Å². The fourth-order valence-electron chi connectivity index (χ4n) is 1.40. The second-order valence-corrected chi connectivity index (χ2v) is 6.65. The molecular weight excluding hydrogens is 280 g/mol. The van der Waals surface area contributed by atoms with Crippen LogP contribution >= 0.6 is 21.6 Å². The van der Waals surface area contributed by atoms with Crippen molar-refractivity contribution < 1.29 is 9.90 Å². The number of carbonyl (C=O) groups excluding carboxylic acids is 1. The Bertz CT molecular complexity index is 371. The molecule has 0 heterocycles. The van der Waals surface area contributed by atoms with Gasteiger partial charge in [-0.2, -0.15) is 0 Å². The molecule has 0 aliphatic rings. The third-order valence-electron chi connectivity index (χ3n) is 2.37. The predicted molar refractivity (Wildman–Crippen MR) is 83.4 cm³/mol. The summed E-state index contributed by atoms with van der Waals surface area (Å²) in [6.07, 6.45) is 1.32. The fraction of sp³-hybridized carbons (Fsp3) is 0.462. The molecule has 4 N–H and O–H groups in total. The second kappa shape index (κ2) is 10.00. The van der Waals surface area contributed by atoms with Gasteiger partial charge in [0.25, 0.3) is 0 Å². The van der Waals surface area contributed by atoms with Gasteiger partial charge in [0, 0.05) is 31.0 Å². The third-order valence-corrected chi connectivity index (χ3v) is 4.81. The zero-order chi connectivity index (χ0) is 13.9. The van der Waals surface area contributed by atoms with Crippen molar-refractivity contribution in [2.75, 3.05) is 24.6 Å². The number of phenols is 1. The van der Waals surface area contributed by atoms with Gasteiger partial charge in [0.15, 0.2) is 0 Å². The molecule has 0 aliphatic heterocycles. The van der Waals surface area contributed by atoms with E-state index in [1.807, 2.05) is 12.1 Å². The molecule has 0 saturated carbocycles. The zero-order valence-electron chi connectivity index (χ0n) is 10.8. The van der Waals surface area contributed by atoms with Crippen LogP contribution in [0.2, 0.25) is 0 Å². The maximum absolute atomic E-state index is 11.5. The highest BCUT2D eigenvalue weighted by Crippen LogP contribution is 2.20. The van der Waals surface area contributed by atoms with Crippen LogP contribution in [-0.4, -0.2) is 35.6 Å². The predicted octanol–water partition coefficient (Wildman–Crippen LogP) is 1.78. The highest BCUT2D eigenvalue weighted by Gasteiger charge is 2.01. The van der Waals surface area contributed by atoms with E-state index in [9.17, 15) is 4.79 Å². The first kappa shape index (κ1) is 16.2. The van der Waals surface area contributed by atoms with E-state index in [0.29, 0.717) is 19.5 Å². The smallest absolute Gasteiger partial charge is 0.220 e. The standard InChI is InChI=1S/C13H20N2O2S2/c14-7-10-19-18-9-6-13(17)15-8-5-11-1-3-12(16)4-2-11/h1-4,16H,5-10,14H2,(H,15,17). The Labute approximate surface area is 121 Å². The number of benzene rings is 1. The first-order chi connectivity index (χ1) is 9.22. The van der Waals surface area contributed by atoms with Crippen molar-refractivity contribution >= 4 is 27.5 Å². The Balaban J connectivity index is 2.05. The lowest BCUT2D eigenvalue weighted by atomic mass is 10.1. The Morgan fingerprint density at radius 1 is 1.21 bits per heavy atom. The van der Waals surface area contributed by atoms with E-state index in [2.05, 4.69) is 5.32 Å². The van der Waals surface area contributed by atoms with E-state index in [1.165, 1.54) is 0 Å². The zero-order valence-corrected chi connectivity index (χ0v) is 12.4. The topological polar surface area (TPSA) is 75.4 Å². The van der Waals surface area contributed by atoms with Gasteiger partial charge in [-0.1, -0.05) is 33.7 Å². The number of amides is 1. The number of rotatable bonds is 9. The van der Waals surface area contributed by atoms with Gasteiger partial charge < -0.3 is 16.2 Å². The lowest BCUT2D eigenvalue weighted by Crippen LogP contribution is -2.25. The molecule has 0 atom stereocenters. The average molecular weight is 300 g/mol. The molecule has 0 aliphatic carbocycles. The van der Waals surface area contributed by atoms with Gasteiger partial charge in [-0.05, 0) is 24.1 Å². The molecule has 0 saturated heterocycles. The van der Waals surface area contributed by atoms with Crippen LogP contribution in [-0.2, 0) is 11.2 Å². The van der Waals surface area contributed by atoms with E-state index in [4.69, 9.17) is 10.8 Å². The van der Waals surface area contributed by atoms with Crippen LogP contribution in [0.4, 0.5) is 0 Å². The lowest BCUT2D eigenvalue weighted by Gasteiger charge is -2.05. The number of hydrogen-bond acceptors (Lipinski definition) is 5. The Kier molecular flexibility index (Phi) is 8.53. The van der Waals surface area contributed by atoms with Crippen LogP contribution in [0.25, 0.3) is 0 Å². The van der Waals surface area contributed by atoms with Crippen molar-refractivity contribution in [3.8, 4) is 5.75 Å². The molecule has 4 nitrogen and oxygen atoms in total. The van der Waals surface area contributed by atoms with Crippen molar-refractivity contribution in [3.63, 3.8) is 0 Å². The van der Waals surface area contributed by atoms with Crippen LogP contribution in [0.1, 0.15) is 12.0 Å². The Morgan fingerprint density at radius 2 is 1.89 bits per heavy atom. The number of carbonyl (C=O) groups is 1. The summed E-state index contributed by atoms with van der Waals surface area (Å²) in [6, 6.07) is 7.03. The van der Waals surface area contributed by atoms with E-state index in [-0.39, 0.29) is 11.7 Å². The van der Waals surface area contributed by atoms with Crippen molar-refractivity contribution in [1.82, 2.24) is 5.32 Å². The third kappa shape index (κ3) is 8.02. The van der Waals surface area contributed by atoms with Crippen LogP contribution < -0.4 is 11.1 Å². The largest absolute Gasteiger partial charge is 0.508 e. The van der Waals surface area contributed by atoms with Gasteiger partial charge in [-0.3, -0.25) is 4.79 Å². The van der Waals surface area contributed by atoms with Crippen molar-refractivity contribution in [1.29, 1.82) is 0 Å². The average Bonchev–Trinajstić information content (AvgIpc) is 2.41. The summed E-state index contributed by atoms with van der Waals surface area (Å²) in [5.41, 5.74) is 6.47. The number of nitrogens with one attached hydrogen (secondary N) is 1. The molecule has 6 heteroatoms. The maximum Gasteiger partial charge on any atom is 0.220 e.